The van der Waals surface area contributed by atoms with Crippen molar-refractivity contribution in [2.45, 2.75) is 0 Å². The van der Waals surface area contributed by atoms with Crippen LogP contribution in [0.5, 0.6) is 0 Å². The van der Waals surface area contributed by atoms with Crippen LogP contribution in [0, 0.1) is 0 Å². The molecule has 1 aliphatic rings. The van der Waals surface area contributed by atoms with Gasteiger partial charge in [0.15, 0.2) is 0 Å². The smallest absolute Gasteiger partial charge is 0.257 e. The van der Waals surface area contributed by atoms with Gasteiger partial charge in [-0.2, -0.15) is 0 Å². The fraction of sp³-hybridized carbons (Fsp3) is 0.381. The van der Waals surface area contributed by atoms with Crippen molar-refractivity contribution in [1.29, 1.82) is 0 Å². The van der Waals surface area contributed by atoms with E-state index >= 15 is 0 Å². The molecule has 3 rings (SSSR count). The minimum Gasteiger partial charge on any atom is -0.398 e. The summed E-state index contributed by atoms with van der Waals surface area (Å²) >= 11 is 0. The van der Waals surface area contributed by atoms with Gasteiger partial charge < -0.3 is 20.9 Å². The third-order valence-electron chi connectivity index (χ3n) is 4.95. The first kappa shape index (κ1) is 19.0. The summed E-state index contributed by atoms with van der Waals surface area (Å²) in [7, 11) is 3.48. The number of rotatable bonds is 6. The summed E-state index contributed by atoms with van der Waals surface area (Å²) in [5, 5.41) is 3.40. The average molecular weight is 367 g/mol. The minimum absolute atomic E-state index is 0.0768. The Morgan fingerprint density at radius 3 is 2.41 bits per heavy atom. The van der Waals surface area contributed by atoms with Crippen molar-refractivity contribution in [3.63, 3.8) is 0 Å². The van der Waals surface area contributed by atoms with Gasteiger partial charge in [0.25, 0.3) is 5.91 Å². The Labute approximate surface area is 161 Å². The maximum Gasteiger partial charge on any atom is 0.257 e. The monoisotopic (exact) mass is 367 g/mol. The van der Waals surface area contributed by atoms with Gasteiger partial charge >= 0.3 is 0 Å². The third-order valence-corrected chi connectivity index (χ3v) is 4.95. The predicted octanol–water partition coefficient (Wildman–Crippen LogP) is 2.20. The van der Waals surface area contributed by atoms with E-state index in [1.165, 1.54) is 5.69 Å². The molecule has 1 heterocycles. The van der Waals surface area contributed by atoms with Gasteiger partial charge in [0, 0.05) is 70.4 Å². The lowest BCUT2D eigenvalue weighted by molar-refractivity contribution is 0.0829. The maximum absolute atomic E-state index is 12.4. The Hall–Kier alpha value is -2.73. The van der Waals surface area contributed by atoms with E-state index in [2.05, 4.69) is 45.4 Å². The normalized spacial score (nSPS) is 14.8. The number of nitrogen functional groups attached to an aromatic ring is 1. The van der Waals surface area contributed by atoms with Crippen molar-refractivity contribution in [3.05, 3.63) is 54.1 Å². The average Bonchev–Trinajstić information content (AvgIpc) is 2.69. The van der Waals surface area contributed by atoms with Crippen LogP contribution in [0.2, 0.25) is 0 Å². The summed E-state index contributed by atoms with van der Waals surface area (Å²) in [6, 6.07) is 16.1. The molecule has 1 aliphatic heterocycles. The molecule has 0 saturated carbocycles. The van der Waals surface area contributed by atoms with Gasteiger partial charge in [-0.3, -0.25) is 9.69 Å². The highest BCUT2D eigenvalue weighted by atomic mass is 16.2. The molecule has 2 aromatic rings. The van der Waals surface area contributed by atoms with Crippen LogP contribution in [0.4, 0.5) is 17.1 Å². The Morgan fingerprint density at radius 1 is 1.04 bits per heavy atom. The van der Waals surface area contributed by atoms with Crippen LogP contribution in [0.25, 0.3) is 0 Å². The first-order chi connectivity index (χ1) is 13.1. The lowest BCUT2D eigenvalue weighted by Gasteiger charge is -2.36. The highest BCUT2D eigenvalue weighted by molar-refractivity contribution is 6.04. The zero-order chi connectivity index (χ0) is 19.2. The van der Waals surface area contributed by atoms with Crippen molar-refractivity contribution in [3.8, 4) is 0 Å². The number of nitrogens with two attached hydrogens (primary N) is 1. The molecule has 0 aliphatic carbocycles. The van der Waals surface area contributed by atoms with Crippen LogP contribution in [-0.2, 0) is 0 Å². The number of anilines is 3. The van der Waals surface area contributed by atoms with Crippen LogP contribution < -0.4 is 16.0 Å². The van der Waals surface area contributed by atoms with Crippen molar-refractivity contribution in [2.75, 3.05) is 69.3 Å². The molecule has 0 bridgehead atoms. The van der Waals surface area contributed by atoms with E-state index in [-0.39, 0.29) is 5.91 Å². The quantitative estimate of drug-likeness (QED) is 0.767. The number of para-hydroxylation sites is 1. The summed E-state index contributed by atoms with van der Waals surface area (Å²) in [4.78, 5) is 18.8. The van der Waals surface area contributed by atoms with Crippen LogP contribution in [0.15, 0.2) is 48.5 Å². The van der Waals surface area contributed by atoms with Crippen LogP contribution >= 0.6 is 0 Å². The number of carbonyl (C=O) groups is 1. The minimum atomic E-state index is -0.0768. The van der Waals surface area contributed by atoms with Crippen LogP contribution in [0.3, 0.4) is 0 Å². The molecule has 6 heteroatoms. The highest BCUT2D eigenvalue weighted by Crippen LogP contribution is 2.23. The molecule has 3 N–H and O–H groups in total. The fourth-order valence-corrected chi connectivity index (χ4v) is 3.40. The lowest BCUT2D eigenvalue weighted by Crippen LogP contribution is -2.47. The second-order valence-corrected chi connectivity index (χ2v) is 7.06. The largest absolute Gasteiger partial charge is 0.398 e. The van der Waals surface area contributed by atoms with E-state index in [0.29, 0.717) is 11.3 Å². The summed E-state index contributed by atoms with van der Waals surface area (Å²) in [5.41, 5.74) is 9.20. The Bertz CT molecular complexity index is 754. The number of carbonyl (C=O) groups excluding carboxylic acids is 1. The number of amides is 1. The molecular weight excluding hydrogens is 338 g/mol. The van der Waals surface area contributed by atoms with E-state index < -0.39 is 0 Å². The first-order valence-electron chi connectivity index (χ1n) is 9.42. The molecule has 144 valence electrons. The Kier molecular flexibility index (Phi) is 6.19. The molecule has 27 heavy (non-hydrogen) atoms. The molecular formula is C21H29N5O. The van der Waals surface area contributed by atoms with E-state index in [1.807, 2.05) is 12.1 Å². The molecule has 0 unspecified atom stereocenters. The number of benzene rings is 2. The van der Waals surface area contributed by atoms with E-state index in [1.54, 1.807) is 25.1 Å². The molecule has 1 amide bonds. The van der Waals surface area contributed by atoms with Crippen molar-refractivity contribution in [2.24, 2.45) is 0 Å². The van der Waals surface area contributed by atoms with E-state index in [9.17, 15) is 4.79 Å². The maximum atomic E-state index is 12.4. The first-order valence-corrected chi connectivity index (χ1v) is 9.42. The number of hydrogen-bond acceptors (Lipinski definition) is 5. The van der Waals surface area contributed by atoms with Gasteiger partial charge in [0.1, 0.15) is 0 Å². The fourth-order valence-electron chi connectivity index (χ4n) is 3.40. The summed E-state index contributed by atoms with van der Waals surface area (Å²) in [6.45, 7) is 5.86. The summed E-state index contributed by atoms with van der Waals surface area (Å²) in [6.07, 6.45) is 0. The molecule has 2 aromatic carbocycles. The van der Waals surface area contributed by atoms with Gasteiger partial charge in [0.05, 0.1) is 5.56 Å². The van der Waals surface area contributed by atoms with Crippen LogP contribution in [0.1, 0.15) is 10.4 Å². The van der Waals surface area contributed by atoms with Crippen LogP contribution in [-0.4, -0.2) is 69.1 Å². The van der Waals surface area contributed by atoms with Crippen molar-refractivity contribution in [1.82, 2.24) is 9.80 Å². The summed E-state index contributed by atoms with van der Waals surface area (Å²) in [5.74, 6) is -0.0768. The molecule has 0 spiro atoms. The number of piperazine rings is 1. The van der Waals surface area contributed by atoms with Crippen molar-refractivity contribution < 1.29 is 4.79 Å². The second kappa shape index (κ2) is 8.77. The molecule has 0 atom stereocenters. The molecule has 6 nitrogen and oxygen atoms in total. The molecule has 1 fully saturated rings. The third kappa shape index (κ3) is 4.71. The zero-order valence-corrected chi connectivity index (χ0v) is 16.2. The SMILES string of the molecule is CN(C)C(=O)c1c(N)cccc1NCCN1CCN(c2ccccc2)CC1. The summed E-state index contributed by atoms with van der Waals surface area (Å²) < 4.78 is 0. The van der Waals surface area contributed by atoms with E-state index in [4.69, 9.17) is 5.73 Å². The molecule has 0 aromatic heterocycles. The Morgan fingerprint density at radius 2 is 1.74 bits per heavy atom. The molecule has 0 radical (unpaired) electrons. The molecule has 1 saturated heterocycles. The standard InChI is InChI=1S/C21H29N5O/c1-24(2)21(27)20-18(22)9-6-10-19(20)23-11-12-25-13-15-26(16-14-25)17-7-4-3-5-8-17/h3-10,23H,11-16,22H2,1-2H3. The van der Waals surface area contributed by atoms with Gasteiger partial charge in [-0.1, -0.05) is 24.3 Å². The van der Waals surface area contributed by atoms with Gasteiger partial charge in [-0.05, 0) is 24.3 Å². The Balaban J connectivity index is 1.51. The zero-order valence-electron chi connectivity index (χ0n) is 16.2. The number of nitrogens with zero attached hydrogens (tertiary/aromatic N) is 3. The number of hydrogen-bond donors (Lipinski definition) is 2. The second-order valence-electron chi connectivity index (χ2n) is 7.06. The lowest BCUT2D eigenvalue weighted by atomic mass is 10.1. The van der Waals surface area contributed by atoms with E-state index in [0.717, 1.165) is 45.0 Å². The number of nitrogens with one attached hydrogen (secondary N) is 1. The van der Waals surface area contributed by atoms with Crippen molar-refractivity contribution >= 4 is 23.0 Å². The van der Waals surface area contributed by atoms with Gasteiger partial charge in [-0.25, -0.2) is 0 Å². The van der Waals surface area contributed by atoms with Gasteiger partial charge in [-0.15, -0.1) is 0 Å². The highest BCUT2D eigenvalue weighted by Gasteiger charge is 2.18. The topological polar surface area (TPSA) is 64.8 Å². The predicted molar refractivity (Wildman–Crippen MR) is 112 cm³/mol. The van der Waals surface area contributed by atoms with Gasteiger partial charge in [0.2, 0.25) is 0 Å².